The van der Waals surface area contributed by atoms with Gasteiger partial charge in [0.05, 0.1) is 12.4 Å². The minimum Gasteiger partial charge on any atom is -0.465 e. The lowest BCUT2D eigenvalue weighted by atomic mass is 10.2. The second kappa shape index (κ2) is 10.9. The van der Waals surface area contributed by atoms with E-state index in [9.17, 15) is 9.59 Å². The lowest BCUT2D eigenvalue weighted by molar-refractivity contribution is -0.139. The molecular formula is C13H15ClO3S. The Balaban J connectivity index is 0.000000360. The molecule has 0 aromatic heterocycles. The van der Waals surface area contributed by atoms with Crippen LogP contribution in [0.5, 0.6) is 0 Å². The number of thiol groups is 1. The van der Waals surface area contributed by atoms with Crippen LogP contribution >= 0.6 is 24.2 Å². The van der Waals surface area contributed by atoms with Crippen molar-refractivity contribution < 1.29 is 14.3 Å². The maximum absolute atomic E-state index is 10.3. The monoisotopic (exact) mass is 286 g/mol. The molecule has 0 heterocycles. The number of carbonyl (C=O) groups excluding carboxylic acids is 2. The number of halogens is 1. The van der Waals surface area contributed by atoms with Gasteiger partial charge in [-0.2, -0.15) is 12.6 Å². The summed E-state index contributed by atoms with van der Waals surface area (Å²) in [6, 6.07) is 9.52. The van der Waals surface area contributed by atoms with Crippen LogP contribution in [0.3, 0.4) is 0 Å². The van der Waals surface area contributed by atoms with E-state index in [0.29, 0.717) is 6.61 Å². The third-order valence-electron chi connectivity index (χ3n) is 1.64. The lowest BCUT2D eigenvalue weighted by Gasteiger charge is -1.93. The molecule has 0 saturated heterocycles. The number of esters is 1. The first-order valence-electron chi connectivity index (χ1n) is 5.29. The summed E-state index contributed by atoms with van der Waals surface area (Å²) in [7, 11) is 0. The highest BCUT2D eigenvalue weighted by atomic mass is 35.5. The first-order valence-corrected chi connectivity index (χ1v) is 6.30. The minimum absolute atomic E-state index is 0.174. The minimum atomic E-state index is -0.450. The number of hydrogen-bond donors (Lipinski definition) is 1. The van der Waals surface area contributed by atoms with Crippen LogP contribution in [0, 0.1) is 0 Å². The van der Waals surface area contributed by atoms with Crippen molar-refractivity contribution in [1.82, 2.24) is 0 Å². The van der Waals surface area contributed by atoms with Crippen LogP contribution in [-0.4, -0.2) is 23.6 Å². The van der Waals surface area contributed by atoms with E-state index < -0.39 is 5.24 Å². The predicted octanol–water partition coefficient (Wildman–Crippen LogP) is 2.94. The van der Waals surface area contributed by atoms with E-state index in [1.165, 1.54) is 6.08 Å². The molecular weight excluding hydrogens is 272 g/mol. The quantitative estimate of drug-likeness (QED) is 0.400. The number of benzene rings is 1. The van der Waals surface area contributed by atoms with Gasteiger partial charge < -0.3 is 4.74 Å². The average molecular weight is 287 g/mol. The van der Waals surface area contributed by atoms with Gasteiger partial charge in [-0.25, -0.2) is 0 Å². The molecule has 0 spiro atoms. The molecule has 0 radical (unpaired) electrons. The van der Waals surface area contributed by atoms with Gasteiger partial charge in [-0.1, -0.05) is 36.4 Å². The van der Waals surface area contributed by atoms with Crippen molar-refractivity contribution >= 4 is 41.5 Å². The zero-order valence-corrected chi connectivity index (χ0v) is 11.7. The summed E-state index contributed by atoms with van der Waals surface area (Å²) >= 11 is 8.78. The van der Waals surface area contributed by atoms with Crippen molar-refractivity contribution in [2.45, 2.75) is 6.92 Å². The van der Waals surface area contributed by atoms with Crippen molar-refractivity contribution in [1.29, 1.82) is 0 Å². The first kappa shape index (κ1) is 16.7. The molecule has 0 N–H and O–H groups in total. The van der Waals surface area contributed by atoms with Gasteiger partial charge in [0.2, 0.25) is 5.24 Å². The molecule has 1 aromatic rings. The zero-order chi connectivity index (χ0) is 13.8. The normalized spacial score (nSPS) is 9.50. The molecule has 1 aromatic carbocycles. The third kappa shape index (κ3) is 9.93. The highest BCUT2D eigenvalue weighted by molar-refractivity contribution is 7.81. The molecule has 18 heavy (non-hydrogen) atoms. The van der Waals surface area contributed by atoms with Gasteiger partial charge in [0, 0.05) is 0 Å². The largest absolute Gasteiger partial charge is 0.465 e. The van der Waals surface area contributed by atoms with E-state index in [1.807, 2.05) is 30.3 Å². The van der Waals surface area contributed by atoms with E-state index >= 15 is 0 Å². The van der Waals surface area contributed by atoms with Gasteiger partial charge in [0.15, 0.2) is 0 Å². The average Bonchev–Trinajstić information content (AvgIpc) is 2.38. The highest BCUT2D eigenvalue weighted by Gasteiger charge is 1.92. The Morgan fingerprint density at radius 3 is 2.33 bits per heavy atom. The van der Waals surface area contributed by atoms with Gasteiger partial charge in [-0.05, 0) is 30.2 Å². The summed E-state index contributed by atoms with van der Waals surface area (Å²) in [5.74, 6) is -0.0840. The fraction of sp³-hybridized carbons (Fsp3) is 0.231. The van der Waals surface area contributed by atoms with Crippen molar-refractivity contribution in [3.8, 4) is 0 Å². The Morgan fingerprint density at radius 1 is 1.33 bits per heavy atom. The number of allylic oxidation sites excluding steroid dienone is 1. The summed E-state index contributed by atoms with van der Waals surface area (Å²) in [4.78, 5) is 20.4. The van der Waals surface area contributed by atoms with Crippen molar-refractivity contribution in [2.24, 2.45) is 0 Å². The SMILES string of the molecule is CCOC(=O)CS.O=C(Cl)C=Cc1ccccc1. The van der Waals surface area contributed by atoms with Crippen LogP contribution < -0.4 is 0 Å². The molecule has 0 aliphatic carbocycles. The maximum Gasteiger partial charge on any atom is 0.315 e. The third-order valence-corrected chi connectivity index (χ3v) is 2.03. The Labute approximate surface area is 117 Å². The van der Waals surface area contributed by atoms with Crippen LogP contribution in [0.2, 0.25) is 0 Å². The number of ether oxygens (including phenoxy) is 1. The summed E-state index contributed by atoms with van der Waals surface area (Å²) in [6.07, 6.45) is 3.01. The van der Waals surface area contributed by atoms with Crippen LogP contribution in [0.4, 0.5) is 0 Å². The summed E-state index contributed by atoms with van der Waals surface area (Å²) in [6.45, 7) is 2.21. The Hall–Kier alpha value is -1.26. The van der Waals surface area contributed by atoms with Gasteiger partial charge in [0.1, 0.15) is 0 Å². The van der Waals surface area contributed by atoms with Gasteiger partial charge in [-0.3, -0.25) is 9.59 Å². The van der Waals surface area contributed by atoms with E-state index in [1.54, 1.807) is 13.0 Å². The van der Waals surface area contributed by atoms with E-state index in [2.05, 4.69) is 17.4 Å². The van der Waals surface area contributed by atoms with E-state index in [-0.39, 0.29) is 11.7 Å². The molecule has 98 valence electrons. The fourth-order valence-corrected chi connectivity index (χ4v) is 1.09. The second-order valence-corrected chi connectivity index (χ2v) is 3.70. The molecule has 0 aliphatic rings. The first-order chi connectivity index (χ1) is 8.60. The van der Waals surface area contributed by atoms with Gasteiger partial charge >= 0.3 is 5.97 Å². The predicted molar refractivity (Wildman–Crippen MR) is 76.8 cm³/mol. The molecule has 1 rings (SSSR count). The molecule has 0 bridgehead atoms. The molecule has 0 atom stereocenters. The highest BCUT2D eigenvalue weighted by Crippen LogP contribution is 2.01. The lowest BCUT2D eigenvalue weighted by Crippen LogP contribution is -2.03. The number of hydrogen-bond acceptors (Lipinski definition) is 4. The summed E-state index contributed by atoms with van der Waals surface area (Å²) in [5, 5.41) is -0.450. The molecule has 3 nitrogen and oxygen atoms in total. The van der Waals surface area contributed by atoms with Crippen LogP contribution in [0.15, 0.2) is 36.4 Å². The molecule has 5 heteroatoms. The molecule has 0 fully saturated rings. The van der Waals surface area contributed by atoms with Crippen molar-refractivity contribution in [2.75, 3.05) is 12.4 Å². The van der Waals surface area contributed by atoms with Crippen molar-refractivity contribution in [3.05, 3.63) is 42.0 Å². The topological polar surface area (TPSA) is 43.4 Å². The Bertz CT molecular complexity index is 390. The second-order valence-electron chi connectivity index (χ2n) is 3.01. The Morgan fingerprint density at radius 2 is 1.94 bits per heavy atom. The van der Waals surface area contributed by atoms with E-state index in [0.717, 1.165) is 5.56 Å². The fourth-order valence-electron chi connectivity index (χ4n) is 0.933. The van der Waals surface area contributed by atoms with Crippen LogP contribution in [0.1, 0.15) is 12.5 Å². The molecule has 0 aliphatic heterocycles. The van der Waals surface area contributed by atoms with Gasteiger partial charge in [0.25, 0.3) is 0 Å². The van der Waals surface area contributed by atoms with Crippen LogP contribution in [0.25, 0.3) is 6.08 Å². The number of rotatable bonds is 4. The molecule has 0 saturated carbocycles. The standard InChI is InChI=1S/C9H7ClO.C4H8O2S/c10-9(11)7-6-8-4-2-1-3-5-8;1-2-6-4(5)3-7/h1-7H;7H,2-3H2,1H3. The van der Waals surface area contributed by atoms with Gasteiger partial charge in [-0.15, -0.1) is 0 Å². The maximum atomic E-state index is 10.3. The zero-order valence-electron chi connectivity index (χ0n) is 10.0. The van der Waals surface area contributed by atoms with Crippen molar-refractivity contribution in [3.63, 3.8) is 0 Å². The Kier molecular flexibility index (Phi) is 10.1. The smallest absolute Gasteiger partial charge is 0.315 e. The van der Waals surface area contributed by atoms with Crippen LogP contribution in [-0.2, 0) is 14.3 Å². The number of carbonyl (C=O) groups is 2. The van der Waals surface area contributed by atoms with E-state index in [4.69, 9.17) is 11.6 Å². The molecule has 0 amide bonds. The summed E-state index contributed by atoms with van der Waals surface area (Å²) < 4.78 is 4.48. The summed E-state index contributed by atoms with van der Waals surface area (Å²) in [5.41, 5.74) is 0.974. The molecule has 0 unspecified atom stereocenters.